The van der Waals surface area contributed by atoms with Gasteiger partial charge < -0.3 is 24.1 Å². The average molecular weight is 330 g/mol. The van der Waals surface area contributed by atoms with E-state index in [-0.39, 0.29) is 12.1 Å². The molecule has 24 heavy (non-hydrogen) atoms. The van der Waals surface area contributed by atoms with E-state index in [1.165, 1.54) is 0 Å². The largest absolute Gasteiger partial charge is 0.497 e. The number of carbonyl (C=O) groups is 1. The maximum atomic E-state index is 12.7. The normalized spacial score (nSPS) is 16.8. The fourth-order valence-corrected chi connectivity index (χ4v) is 2.72. The molecule has 0 bridgehead atoms. The van der Waals surface area contributed by atoms with Crippen molar-refractivity contribution in [2.24, 2.45) is 0 Å². The zero-order valence-electron chi connectivity index (χ0n) is 13.7. The Morgan fingerprint density at radius 3 is 2.79 bits per heavy atom. The molecule has 1 aliphatic heterocycles. The highest BCUT2D eigenvalue weighted by Gasteiger charge is 2.23. The van der Waals surface area contributed by atoms with Crippen molar-refractivity contribution in [3.8, 4) is 5.75 Å². The van der Waals surface area contributed by atoms with Gasteiger partial charge in [-0.2, -0.15) is 0 Å². The first-order valence-corrected chi connectivity index (χ1v) is 8.08. The SMILES string of the molecule is COc1ccc(NC(=O)N(Cc2ccco2)C[C@H]2CCCO2)cc1. The highest BCUT2D eigenvalue weighted by atomic mass is 16.5. The molecule has 1 aromatic carbocycles. The molecule has 2 aromatic rings. The summed E-state index contributed by atoms with van der Waals surface area (Å²) in [6.45, 7) is 1.72. The second-order valence-corrected chi connectivity index (χ2v) is 5.75. The Hall–Kier alpha value is -2.47. The van der Waals surface area contributed by atoms with E-state index in [9.17, 15) is 4.79 Å². The molecular formula is C18H22N2O4. The van der Waals surface area contributed by atoms with Gasteiger partial charge in [0.1, 0.15) is 11.5 Å². The van der Waals surface area contributed by atoms with Crippen LogP contribution in [-0.4, -0.2) is 37.3 Å². The lowest BCUT2D eigenvalue weighted by molar-refractivity contribution is 0.0803. The minimum absolute atomic E-state index is 0.0848. The Morgan fingerprint density at radius 2 is 2.17 bits per heavy atom. The van der Waals surface area contributed by atoms with E-state index in [1.54, 1.807) is 18.3 Å². The number of urea groups is 1. The molecule has 6 heteroatoms. The van der Waals surface area contributed by atoms with Crippen LogP contribution in [0.25, 0.3) is 0 Å². The van der Waals surface area contributed by atoms with Crippen molar-refractivity contribution in [3.05, 3.63) is 48.4 Å². The van der Waals surface area contributed by atoms with Crippen LogP contribution in [0.2, 0.25) is 0 Å². The first kappa shape index (κ1) is 16.4. The number of nitrogens with zero attached hydrogens (tertiary/aromatic N) is 1. The van der Waals surface area contributed by atoms with E-state index >= 15 is 0 Å². The van der Waals surface area contributed by atoms with Crippen LogP contribution in [0.15, 0.2) is 47.1 Å². The summed E-state index contributed by atoms with van der Waals surface area (Å²) in [5.41, 5.74) is 0.720. The summed E-state index contributed by atoms with van der Waals surface area (Å²) in [6.07, 6.45) is 3.71. The molecule has 0 spiro atoms. The van der Waals surface area contributed by atoms with Crippen molar-refractivity contribution in [3.63, 3.8) is 0 Å². The number of hydrogen-bond acceptors (Lipinski definition) is 4. The van der Waals surface area contributed by atoms with Gasteiger partial charge in [-0.1, -0.05) is 0 Å². The molecule has 2 heterocycles. The van der Waals surface area contributed by atoms with Crippen molar-refractivity contribution in [1.82, 2.24) is 4.90 Å². The zero-order valence-corrected chi connectivity index (χ0v) is 13.7. The van der Waals surface area contributed by atoms with Crippen LogP contribution in [0.5, 0.6) is 5.75 Å². The number of ether oxygens (including phenoxy) is 2. The summed E-state index contributed by atoms with van der Waals surface area (Å²) in [5, 5.41) is 2.91. The number of rotatable bonds is 6. The molecule has 6 nitrogen and oxygen atoms in total. The van der Waals surface area contributed by atoms with E-state index in [0.717, 1.165) is 36.6 Å². The number of furan rings is 1. The maximum Gasteiger partial charge on any atom is 0.322 e. The van der Waals surface area contributed by atoms with Gasteiger partial charge in [-0.3, -0.25) is 0 Å². The molecular weight excluding hydrogens is 308 g/mol. The van der Waals surface area contributed by atoms with Crippen molar-refractivity contribution in [2.75, 3.05) is 25.6 Å². The fraction of sp³-hybridized carbons (Fsp3) is 0.389. The molecule has 1 N–H and O–H groups in total. The van der Waals surface area contributed by atoms with E-state index in [0.29, 0.717) is 13.1 Å². The van der Waals surface area contributed by atoms with E-state index in [2.05, 4.69) is 5.32 Å². The van der Waals surface area contributed by atoms with Crippen LogP contribution in [-0.2, 0) is 11.3 Å². The minimum Gasteiger partial charge on any atom is -0.497 e. The summed E-state index contributed by atoms with van der Waals surface area (Å²) < 4.78 is 16.2. The van der Waals surface area contributed by atoms with Crippen molar-refractivity contribution in [2.45, 2.75) is 25.5 Å². The molecule has 1 fully saturated rings. The van der Waals surface area contributed by atoms with Crippen molar-refractivity contribution >= 4 is 11.7 Å². The lowest BCUT2D eigenvalue weighted by Gasteiger charge is -2.25. The zero-order chi connectivity index (χ0) is 16.8. The summed E-state index contributed by atoms with van der Waals surface area (Å²) >= 11 is 0. The number of anilines is 1. The van der Waals surface area contributed by atoms with Gasteiger partial charge in [0.25, 0.3) is 0 Å². The number of carbonyl (C=O) groups excluding carboxylic acids is 1. The predicted molar refractivity (Wildman–Crippen MR) is 90.1 cm³/mol. The topological polar surface area (TPSA) is 63.9 Å². The van der Waals surface area contributed by atoms with Crippen molar-refractivity contribution in [1.29, 1.82) is 0 Å². The first-order chi connectivity index (χ1) is 11.7. The number of hydrogen-bond donors (Lipinski definition) is 1. The van der Waals surface area contributed by atoms with Gasteiger partial charge in [-0.25, -0.2) is 4.79 Å². The minimum atomic E-state index is -0.174. The van der Waals surface area contributed by atoms with E-state index in [1.807, 2.05) is 36.4 Å². The lowest BCUT2D eigenvalue weighted by Crippen LogP contribution is -2.39. The fourth-order valence-electron chi connectivity index (χ4n) is 2.72. The predicted octanol–water partition coefficient (Wildman–Crippen LogP) is 3.50. The quantitative estimate of drug-likeness (QED) is 0.880. The summed E-state index contributed by atoms with van der Waals surface area (Å²) in [6, 6.07) is 10.8. The average Bonchev–Trinajstić information content (AvgIpc) is 3.29. The summed E-state index contributed by atoms with van der Waals surface area (Å²) in [5.74, 6) is 1.50. The molecule has 128 valence electrons. The van der Waals surface area contributed by atoms with E-state index < -0.39 is 0 Å². The standard InChI is InChI=1S/C18H22N2O4/c1-22-15-8-6-14(7-9-15)19-18(21)20(12-16-4-2-10-23-16)13-17-5-3-11-24-17/h2,4,6-10,17H,3,5,11-13H2,1H3,(H,19,21)/t17-/m1/s1. The Bertz CT molecular complexity index is 634. The second kappa shape index (κ2) is 7.88. The molecule has 0 radical (unpaired) electrons. The number of nitrogens with one attached hydrogen (secondary N) is 1. The Balaban J connectivity index is 1.66. The third-order valence-electron chi connectivity index (χ3n) is 4.00. The Morgan fingerprint density at radius 1 is 1.33 bits per heavy atom. The molecule has 1 saturated heterocycles. The van der Waals surface area contributed by atoms with Gasteiger partial charge in [-0.15, -0.1) is 0 Å². The first-order valence-electron chi connectivity index (χ1n) is 8.08. The van der Waals surface area contributed by atoms with Crippen LogP contribution in [0.3, 0.4) is 0 Å². The van der Waals surface area contributed by atoms with Crippen LogP contribution < -0.4 is 10.1 Å². The molecule has 1 atom stereocenters. The molecule has 1 aliphatic rings. The monoisotopic (exact) mass is 330 g/mol. The van der Waals surface area contributed by atoms with Crippen LogP contribution in [0, 0.1) is 0 Å². The van der Waals surface area contributed by atoms with Gasteiger partial charge in [0.2, 0.25) is 0 Å². The smallest absolute Gasteiger partial charge is 0.322 e. The molecule has 3 rings (SSSR count). The Labute approximate surface area is 141 Å². The lowest BCUT2D eigenvalue weighted by atomic mass is 10.2. The Kier molecular flexibility index (Phi) is 5.38. The van der Waals surface area contributed by atoms with Crippen LogP contribution in [0.4, 0.5) is 10.5 Å². The summed E-state index contributed by atoms with van der Waals surface area (Å²) in [4.78, 5) is 14.4. The number of benzene rings is 1. The van der Waals surface area contributed by atoms with Gasteiger partial charge in [0, 0.05) is 18.8 Å². The van der Waals surface area contributed by atoms with Gasteiger partial charge in [0.05, 0.1) is 26.0 Å². The van der Waals surface area contributed by atoms with E-state index in [4.69, 9.17) is 13.9 Å². The third kappa shape index (κ3) is 4.29. The number of amides is 2. The molecule has 0 saturated carbocycles. The van der Waals surface area contributed by atoms with Crippen molar-refractivity contribution < 1.29 is 18.7 Å². The van der Waals surface area contributed by atoms with Crippen LogP contribution in [0.1, 0.15) is 18.6 Å². The molecule has 2 amide bonds. The molecule has 0 aliphatic carbocycles. The van der Waals surface area contributed by atoms with Crippen LogP contribution >= 0.6 is 0 Å². The van der Waals surface area contributed by atoms with Gasteiger partial charge >= 0.3 is 6.03 Å². The second-order valence-electron chi connectivity index (χ2n) is 5.75. The number of methoxy groups -OCH3 is 1. The third-order valence-corrected chi connectivity index (χ3v) is 4.00. The maximum absolute atomic E-state index is 12.7. The molecule has 1 aromatic heterocycles. The highest BCUT2D eigenvalue weighted by Crippen LogP contribution is 2.18. The molecule has 0 unspecified atom stereocenters. The summed E-state index contributed by atoms with van der Waals surface area (Å²) in [7, 11) is 1.61. The highest BCUT2D eigenvalue weighted by molar-refractivity contribution is 5.89. The van der Waals surface area contributed by atoms with Gasteiger partial charge in [0.15, 0.2) is 0 Å². The van der Waals surface area contributed by atoms with Gasteiger partial charge in [-0.05, 0) is 49.2 Å².